The van der Waals surface area contributed by atoms with E-state index in [0.717, 1.165) is 0 Å². The van der Waals surface area contributed by atoms with Gasteiger partial charge in [0.2, 0.25) is 0 Å². The Morgan fingerprint density at radius 3 is 1.38 bits per heavy atom. The Hall–Kier alpha value is -0.0400. The van der Waals surface area contributed by atoms with Gasteiger partial charge in [-0.05, 0) is 23.7 Å². The Morgan fingerprint density at radius 2 is 1.23 bits per heavy atom. The standard InChI is InChI=1S/C10H20O.C2H6/c1-9(2)6-8(11-5)7-10(9,3)4;1-2/h8H,6-7H2,1-5H3;1-2H3. The summed E-state index contributed by atoms with van der Waals surface area (Å²) < 4.78 is 5.38. The van der Waals surface area contributed by atoms with Crippen molar-refractivity contribution in [2.45, 2.75) is 60.5 Å². The summed E-state index contributed by atoms with van der Waals surface area (Å²) in [5.41, 5.74) is 0.876. The van der Waals surface area contributed by atoms with E-state index in [1.807, 2.05) is 21.0 Å². The third kappa shape index (κ3) is 2.70. The largest absolute Gasteiger partial charge is 0.381 e. The van der Waals surface area contributed by atoms with Crippen LogP contribution in [0.25, 0.3) is 0 Å². The SMILES string of the molecule is CC.COC1CC(C)(C)C(C)(C)C1. The normalized spacial score (nSPS) is 25.2. The maximum absolute atomic E-state index is 5.38. The van der Waals surface area contributed by atoms with Crippen LogP contribution in [0, 0.1) is 10.8 Å². The minimum atomic E-state index is 0.438. The molecular weight excluding hydrogens is 160 g/mol. The first kappa shape index (κ1) is 13.0. The molecule has 1 aliphatic rings. The maximum atomic E-state index is 5.38. The molecule has 1 aliphatic carbocycles. The van der Waals surface area contributed by atoms with Gasteiger partial charge in [0.15, 0.2) is 0 Å². The molecule has 0 amide bonds. The number of hydrogen-bond acceptors (Lipinski definition) is 1. The molecule has 1 fully saturated rings. The number of hydrogen-bond donors (Lipinski definition) is 0. The Bertz CT molecular complexity index is 131. The summed E-state index contributed by atoms with van der Waals surface area (Å²) in [5, 5.41) is 0. The first-order valence-corrected chi connectivity index (χ1v) is 5.42. The summed E-state index contributed by atoms with van der Waals surface area (Å²) in [6.07, 6.45) is 2.90. The molecule has 0 aromatic heterocycles. The molecule has 0 aromatic carbocycles. The summed E-state index contributed by atoms with van der Waals surface area (Å²) in [6, 6.07) is 0. The van der Waals surface area contributed by atoms with Crippen LogP contribution in [0.1, 0.15) is 54.4 Å². The smallest absolute Gasteiger partial charge is 0.0582 e. The van der Waals surface area contributed by atoms with E-state index in [-0.39, 0.29) is 0 Å². The molecule has 13 heavy (non-hydrogen) atoms. The van der Waals surface area contributed by atoms with Crippen LogP contribution in [0.5, 0.6) is 0 Å². The monoisotopic (exact) mass is 186 g/mol. The highest BCUT2D eigenvalue weighted by atomic mass is 16.5. The topological polar surface area (TPSA) is 9.23 Å². The molecule has 0 saturated heterocycles. The number of ether oxygens (including phenoxy) is 1. The Balaban J connectivity index is 0.000000671. The molecule has 0 aliphatic heterocycles. The maximum Gasteiger partial charge on any atom is 0.0582 e. The average molecular weight is 186 g/mol. The summed E-state index contributed by atoms with van der Waals surface area (Å²) in [4.78, 5) is 0. The summed E-state index contributed by atoms with van der Waals surface area (Å²) in [7, 11) is 1.82. The van der Waals surface area contributed by atoms with Crippen molar-refractivity contribution in [3.8, 4) is 0 Å². The van der Waals surface area contributed by atoms with Crippen LogP contribution in [0.4, 0.5) is 0 Å². The summed E-state index contributed by atoms with van der Waals surface area (Å²) in [5.74, 6) is 0. The van der Waals surface area contributed by atoms with Gasteiger partial charge in [-0.1, -0.05) is 41.5 Å². The third-order valence-electron chi connectivity index (χ3n) is 3.64. The van der Waals surface area contributed by atoms with E-state index >= 15 is 0 Å². The zero-order valence-electron chi connectivity index (χ0n) is 10.4. The van der Waals surface area contributed by atoms with Crippen molar-refractivity contribution < 1.29 is 4.74 Å². The van der Waals surface area contributed by atoms with E-state index in [1.165, 1.54) is 12.8 Å². The Kier molecular flexibility index (Phi) is 4.44. The van der Waals surface area contributed by atoms with E-state index in [4.69, 9.17) is 4.74 Å². The highest BCUT2D eigenvalue weighted by Gasteiger charge is 2.46. The van der Waals surface area contributed by atoms with Gasteiger partial charge in [0.1, 0.15) is 0 Å². The van der Waals surface area contributed by atoms with Gasteiger partial charge in [-0.25, -0.2) is 0 Å². The third-order valence-corrected chi connectivity index (χ3v) is 3.64. The van der Waals surface area contributed by atoms with Crippen LogP contribution in [0.15, 0.2) is 0 Å². The van der Waals surface area contributed by atoms with Crippen molar-refractivity contribution >= 4 is 0 Å². The fourth-order valence-corrected chi connectivity index (χ4v) is 1.93. The summed E-state index contributed by atoms with van der Waals surface area (Å²) in [6.45, 7) is 13.4. The Morgan fingerprint density at radius 1 is 0.923 bits per heavy atom. The second-order valence-corrected chi connectivity index (χ2v) is 5.03. The van der Waals surface area contributed by atoms with Gasteiger partial charge in [-0.15, -0.1) is 0 Å². The second kappa shape index (κ2) is 4.45. The van der Waals surface area contributed by atoms with E-state index < -0.39 is 0 Å². The fraction of sp³-hybridized carbons (Fsp3) is 1.00. The molecule has 0 heterocycles. The molecule has 80 valence electrons. The number of rotatable bonds is 1. The first-order valence-electron chi connectivity index (χ1n) is 5.42. The van der Waals surface area contributed by atoms with E-state index in [1.54, 1.807) is 0 Å². The van der Waals surface area contributed by atoms with Gasteiger partial charge in [0.05, 0.1) is 6.10 Å². The summed E-state index contributed by atoms with van der Waals surface area (Å²) >= 11 is 0. The number of methoxy groups -OCH3 is 1. The van der Waals surface area contributed by atoms with Gasteiger partial charge in [0, 0.05) is 7.11 Å². The first-order chi connectivity index (χ1) is 5.89. The molecule has 0 aromatic rings. The zero-order chi connectivity index (χ0) is 10.7. The van der Waals surface area contributed by atoms with Crippen LogP contribution in [0.3, 0.4) is 0 Å². The van der Waals surface area contributed by atoms with Crippen LogP contribution in [-0.4, -0.2) is 13.2 Å². The van der Waals surface area contributed by atoms with Crippen molar-refractivity contribution in [1.82, 2.24) is 0 Å². The van der Waals surface area contributed by atoms with E-state index in [0.29, 0.717) is 16.9 Å². The van der Waals surface area contributed by atoms with Crippen LogP contribution >= 0.6 is 0 Å². The van der Waals surface area contributed by atoms with Gasteiger partial charge in [0.25, 0.3) is 0 Å². The van der Waals surface area contributed by atoms with Crippen LogP contribution in [0.2, 0.25) is 0 Å². The molecule has 0 unspecified atom stereocenters. The van der Waals surface area contributed by atoms with Crippen LogP contribution < -0.4 is 0 Å². The highest BCUT2D eigenvalue weighted by molar-refractivity contribution is 4.96. The van der Waals surface area contributed by atoms with Gasteiger partial charge in [-0.2, -0.15) is 0 Å². The molecule has 0 bridgehead atoms. The van der Waals surface area contributed by atoms with Crippen molar-refractivity contribution in [2.24, 2.45) is 10.8 Å². The van der Waals surface area contributed by atoms with Crippen molar-refractivity contribution in [1.29, 1.82) is 0 Å². The molecule has 0 N–H and O–H groups in total. The predicted octanol–water partition coefficient (Wildman–Crippen LogP) is 3.87. The van der Waals surface area contributed by atoms with Crippen molar-refractivity contribution in [3.63, 3.8) is 0 Å². The van der Waals surface area contributed by atoms with E-state index in [9.17, 15) is 0 Å². The average Bonchev–Trinajstić information content (AvgIpc) is 2.25. The van der Waals surface area contributed by atoms with E-state index in [2.05, 4.69) is 27.7 Å². The molecule has 1 heteroatoms. The molecule has 0 spiro atoms. The van der Waals surface area contributed by atoms with Crippen molar-refractivity contribution in [3.05, 3.63) is 0 Å². The highest BCUT2D eigenvalue weighted by Crippen LogP contribution is 2.52. The predicted molar refractivity (Wildman–Crippen MR) is 58.9 cm³/mol. The van der Waals surface area contributed by atoms with Gasteiger partial charge < -0.3 is 4.74 Å². The lowest BCUT2D eigenvalue weighted by Crippen LogP contribution is -2.25. The minimum absolute atomic E-state index is 0.438. The lowest BCUT2D eigenvalue weighted by atomic mass is 9.71. The second-order valence-electron chi connectivity index (χ2n) is 5.03. The lowest BCUT2D eigenvalue weighted by molar-refractivity contribution is 0.0983. The molecule has 1 saturated carbocycles. The Labute approximate surface area is 83.9 Å². The van der Waals surface area contributed by atoms with Crippen LogP contribution in [-0.2, 0) is 4.74 Å². The quantitative estimate of drug-likeness (QED) is 0.604. The molecule has 0 atom stereocenters. The molecule has 1 nitrogen and oxygen atoms in total. The molecule has 0 radical (unpaired) electrons. The van der Waals surface area contributed by atoms with Crippen molar-refractivity contribution in [2.75, 3.05) is 7.11 Å². The minimum Gasteiger partial charge on any atom is -0.381 e. The van der Waals surface area contributed by atoms with Gasteiger partial charge >= 0.3 is 0 Å². The van der Waals surface area contributed by atoms with Gasteiger partial charge in [-0.3, -0.25) is 0 Å². The molecule has 1 rings (SSSR count). The zero-order valence-corrected chi connectivity index (χ0v) is 10.4. The fourth-order valence-electron chi connectivity index (χ4n) is 1.93. The lowest BCUT2D eigenvalue weighted by Gasteiger charge is -2.34. The molecular formula is C12H26O.